The molecule has 0 saturated carbocycles. The minimum absolute atomic E-state index is 0.0428. The van der Waals surface area contributed by atoms with Gasteiger partial charge in [0, 0.05) is 6.07 Å². The Balaban J connectivity index is 1.74. The molecule has 138 valence electrons. The first kappa shape index (κ1) is 18.2. The van der Waals surface area contributed by atoms with Crippen LogP contribution in [-0.2, 0) is 4.74 Å². The van der Waals surface area contributed by atoms with E-state index in [9.17, 15) is 25.5 Å². The van der Waals surface area contributed by atoms with Gasteiger partial charge >= 0.3 is 0 Å². The standard InChI is InChI=1S/C19H20O7/c20-13-5-3-11(4-6-13)1-2-12-7-14(21)9-15(8-12)26-19-18(24)17(23)16(22)10-25-19/h1-9,16-24H,10H2/b2-1-/t16-,17+,18-,19?/m1/s1. The minimum atomic E-state index is -1.42. The van der Waals surface area contributed by atoms with E-state index in [0.717, 1.165) is 5.56 Å². The van der Waals surface area contributed by atoms with Crippen molar-refractivity contribution in [3.05, 3.63) is 53.6 Å². The lowest BCUT2D eigenvalue weighted by Crippen LogP contribution is -2.54. The molecule has 2 aromatic carbocycles. The lowest BCUT2D eigenvalue weighted by molar-refractivity contribution is -0.242. The molecule has 1 heterocycles. The molecule has 1 aliphatic rings. The van der Waals surface area contributed by atoms with Crippen molar-refractivity contribution >= 4 is 12.2 Å². The van der Waals surface area contributed by atoms with E-state index >= 15 is 0 Å². The molecule has 26 heavy (non-hydrogen) atoms. The summed E-state index contributed by atoms with van der Waals surface area (Å²) in [6.07, 6.45) is -1.60. The van der Waals surface area contributed by atoms with Gasteiger partial charge in [-0.15, -0.1) is 0 Å². The summed E-state index contributed by atoms with van der Waals surface area (Å²) in [6.45, 7) is -0.171. The average molecular weight is 360 g/mol. The second-order valence-electron chi connectivity index (χ2n) is 6.05. The predicted octanol–water partition coefficient (Wildman–Crippen LogP) is 1.09. The van der Waals surface area contributed by atoms with Crippen LogP contribution in [0.15, 0.2) is 42.5 Å². The predicted molar refractivity (Wildman–Crippen MR) is 93.5 cm³/mol. The summed E-state index contributed by atoms with van der Waals surface area (Å²) in [5.74, 6) is 0.371. The maximum Gasteiger partial charge on any atom is 0.228 e. The van der Waals surface area contributed by atoms with E-state index in [-0.39, 0.29) is 23.9 Å². The third kappa shape index (κ3) is 4.33. The number of rotatable bonds is 4. The molecule has 0 spiro atoms. The number of ether oxygens (including phenoxy) is 2. The zero-order chi connectivity index (χ0) is 18.7. The van der Waals surface area contributed by atoms with E-state index in [1.165, 1.54) is 12.1 Å². The van der Waals surface area contributed by atoms with Crippen molar-refractivity contribution in [3.63, 3.8) is 0 Å². The molecule has 0 bridgehead atoms. The molecule has 1 aliphatic heterocycles. The summed E-state index contributed by atoms with van der Waals surface area (Å²) in [4.78, 5) is 0. The van der Waals surface area contributed by atoms with Crippen LogP contribution in [0.1, 0.15) is 11.1 Å². The fourth-order valence-corrected chi connectivity index (χ4v) is 2.56. The van der Waals surface area contributed by atoms with Crippen molar-refractivity contribution in [2.45, 2.75) is 24.6 Å². The molecule has 5 N–H and O–H groups in total. The summed E-state index contributed by atoms with van der Waals surface area (Å²) >= 11 is 0. The Morgan fingerprint density at radius 1 is 0.846 bits per heavy atom. The first-order chi connectivity index (χ1) is 12.4. The molecule has 0 amide bonds. The third-order valence-corrected chi connectivity index (χ3v) is 3.98. The second-order valence-corrected chi connectivity index (χ2v) is 6.05. The van der Waals surface area contributed by atoms with Gasteiger partial charge in [0.15, 0.2) is 0 Å². The molecule has 7 nitrogen and oxygen atoms in total. The Morgan fingerprint density at radius 3 is 2.27 bits per heavy atom. The monoisotopic (exact) mass is 360 g/mol. The molecule has 0 aliphatic carbocycles. The van der Waals surface area contributed by atoms with Crippen molar-refractivity contribution < 1.29 is 35.0 Å². The first-order valence-electron chi connectivity index (χ1n) is 8.06. The Hall–Kier alpha value is -2.58. The van der Waals surface area contributed by atoms with Crippen LogP contribution in [0.25, 0.3) is 12.2 Å². The van der Waals surface area contributed by atoms with Crippen LogP contribution >= 0.6 is 0 Å². The SMILES string of the molecule is Oc1ccc(/C=C\c2cc(O)cc(OC3OC[C@@H](O)[C@H](O)[C@H]3O)c2)cc1. The Labute approximate surface area is 150 Å². The molecular weight excluding hydrogens is 340 g/mol. The number of aromatic hydroxyl groups is 2. The topological polar surface area (TPSA) is 120 Å². The molecule has 2 aromatic rings. The van der Waals surface area contributed by atoms with E-state index in [1.54, 1.807) is 42.5 Å². The molecule has 1 unspecified atom stereocenters. The van der Waals surface area contributed by atoms with E-state index < -0.39 is 24.6 Å². The van der Waals surface area contributed by atoms with E-state index in [1.807, 2.05) is 0 Å². The smallest absolute Gasteiger partial charge is 0.228 e. The second kappa shape index (κ2) is 7.76. The number of hydrogen-bond acceptors (Lipinski definition) is 7. The normalized spacial score (nSPS) is 26.1. The van der Waals surface area contributed by atoms with Gasteiger partial charge < -0.3 is 35.0 Å². The zero-order valence-electron chi connectivity index (χ0n) is 13.8. The van der Waals surface area contributed by atoms with Gasteiger partial charge in [-0.1, -0.05) is 24.3 Å². The van der Waals surface area contributed by atoms with Crippen LogP contribution in [0.4, 0.5) is 0 Å². The van der Waals surface area contributed by atoms with Gasteiger partial charge in [-0.2, -0.15) is 0 Å². The van der Waals surface area contributed by atoms with Gasteiger partial charge in [0.2, 0.25) is 6.29 Å². The van der Waals surface area contributed by atoms with Gasteiger partial charge in [-0.25, -0.2) is 0 Å². The fourth-order valence-electron chi connectivity index (χ4n) is 2.56. The highest BCUT2D eigenvalue weighted by Crippen LogP contribution is 2.27. The van der Waals surface area contributed by atoms with E-state index in [4.69, 9.17) is 9.47 Å². The van der Waals surface area contributed by atoms with E-state index in [2.05, 4.69) is 0 Å². The molecule has 0 radical (unpaired) electrons. The summed E-state index contributed by atoms with van der Waals surface area (Å²) in [5, 5.41) is 48.2. The van der Waals surface area contributed by atoms with Crippen LogP contribution in [-0.4, -0.2) is 56.7 Å². The van der Waals surface area contributed by atoms with Crippen LogP contribution in [0.3, 0.4) is 0 Å². The highest BCUT2D eigenvalue weighted by atomic mass is 16.7. The van der Waals surface area contributed by atoms with Crippen molar-refractivity contribution in [1.82, 2.24) is 0 Å². The number of aliphatic hydroxyl groups excluding tert-OH is 3. The quantitative estimate of drug-likeness (QED) is 0.518. The van der Waals surface area contributed by atoms with Gasteiger partial charge in [0.1, 0.15) is 35.6 Å². The lowest BCUT2D eigenvalue weighted by atomic mass is 10.1. The minimum Gasteiger partial charge on any atom is -0.508 e. The van der Waals surface area contributed by atoms with Crippen molar-refractivity contribution in [2.24, 2.45) is 0 Å². The number of benzene rings is 2. The molecule has 0 aromatic heterocycles. The maximum atomic E-state index is 9.93. The number of aliphatic hydroxyl groups is 3. The summed E-state index contributed by atoms with van der Waals surface area (Å²) in [6, 6.07) is 11.1. The van der Waals surface area contributed by atoms with Gasteiger partial charge in [0.05, 0.1) is 6.61 Å². The Kier molecular flexibility index (Phi) is 5.43. The van der Waals surface area contributed by atoms with Gasteiger partial charge in [-0.3, -0.25) is 0 Å². The highest BCUT2D eigenvalue weighted by molar-refractivity contribution is 5.71. The summed E-state index contributed by atoms with van der Waals surface area (Å²) < 4.78 is 10.7. The lowest BCUT2D eigenvalue weighted by Gasteiger charge is -2.34. The van der Waals surface area contributed by atoms with Crippen LogP contribution in [0.2, 0.25) is 0 Å². The number of phenolic OH excluding ortho intramolecular Hbond substituents is 2. The van der Waals surface area contributed by atoms with Crippen LogP contribution < -0.4 is 4.74 Å². The van der Waals surface area contributed by atoms with Crippen LogP contribution in [0, 0.1) is 0 Å². The largest absolute Gasteiger partial charge is 0.508 e. The highest BCUT2D eigenvalue weighted by Gasteiger charge is 2.39. The molecule has 7 heteroatoms. The first-order valence-corrected chi connectivity index (χ1v) is 8.06. The zero-order valence-corrected chi connectivity index (χ0v) is 13.8. The van der Waals surface area contributed by atoms with Crippen molar-refractivity contribution in [2.75, 3.05) is 6.61 Å². The average Bonchev–Trinajstić information content (AvgIpc) is 2.61. The number of phenols is 2. The fraction of sp³-hybridized carbons (Fsp3) is 0.263. The van der Waals surface area contributed by atoms with Crippen LogP contribution in [0.5, 0.6) is 17.2 Å². The van der Waals surface area contributed by atoms with Gasteiger partial charge in [-0.05, 0) is 35.4 Å². The Morgan fingerprint density at radius 2 is 1.54 bits per heavy atom. The molecular formula is C19H20O7. The van der Waals surface area contributed by atoms with Gasteiger partial charge in [0.25, 0.3) is 0 Å². The molecule has 3 rings (SSSR count). The molecule has 4 atom stereocenters. The molecule has 1 fully saturated rings. The van der Waals surface area contributed by atoms with Crippen molar-refractivity contribution in [3.8, 4) is 17.2 Å². The van der Waals surface area contributed by atoms with Crippen molar-refractivity contribution in [1.29, 1.82) is 0 Å². The summed E-state index contributed by atoms with van der Waals surface area (Å²) in [7, 11) is 0. The van der Waals surface area contributed by atoms with E-state index in [0.29, 0.717) is 5.56 Å². The third-order valence-electron chi connectivity index (χ3n) is 3.98. The Bertz CT molecular complexity index is 772. The summed E-state index contributed by atoms with van der Waals surface area (Å²) in [5.41, 5.74) is 1.50. The number of hydrogen-bond donors (Lipinski definition) is 5. The molecule has 1 saturated heterocycles. The maximum absolute atomic E-state index is 9.93.